The smallest absolute Gasteiger partial charge is 0.257 e. The van der Waals surface area contributed by atoms with E-state index in [0.717, 1.165) is 36.4 Å². The molecular formula is C19H22N2O2S. The van der Waals surface area contributed by atoms with Crippen molar-refractivity contribution in [1.29, 1.82) is 0 Å². The number of nitrogens with zero attached hydrogens (tertiary/aromatic N) is 1. The van der Waals surface area contributed by atoms with Gasteiger partial charge >= 0.3 is 0 Å². The molecule has 1 aromatic carbocycles. The van der Waals surface area contributed by atoms with E-state index in [9.17, 15) is 9.59 Å². The molecule has 1 fully saturated rings. The number of piperidine rings is 1. The number of nitrogens with one attached hydrogen (secondary N) is 1. The lowest BCUT2D eigenvalue weighted by Gasteiger charge is -2.27. The minimum absolute atomic E-state index is 0.0416. The third kappa shape index (κ3) is 3.36. The monoisotopic (exact) mass is 342 g/mol. The number of benzene rings is 1. The van der Waals surface area contributed by atoms with E-state index in [2.05, 4.69) is 5.32 Å². The van der Waals surface area contributed by atoms with Crippen molar-refractivity contribution < 1.29 is 9.59 Å². The number of carbonyl (C=O) groups excluding carboxylic acids is 2. The molecule has 0 spiro atoms. The van der Waals surface area contributed by atoms with Crippen molar-refractivity contribution in [2.75, 3.05) is 18.4 Å². The van der Waals surface area contributed by atoms with Gasteiger partial charge in [-0.3, -0.25) is 9.59 Å². The predicted molar refractivity (Wildman–Crippen MR) is 97.9 cm³/mol. The second-order valence-corrected chi connectivity index (χ2v) is 7.39. The van der Waals surface area contributed by atoms with Gasteiger partial charge in [-0.25, -0.2) is 0 Å². The van der Waals surface area contributed by atoms with Gasteiger partial charge in [0.25, 0.3) is 11.8 Å². The van der Waals surface area contributed by atoms with Gasteiger partial charge in [-0.2, -0.15) is 0 Å². The normalized spacial score (nSPS) is 14.5. The summed E-state index contributed by atoms with van der Waals surface area (Å²) >= 11 is 1.48. The van der Waals surface area contributed by atoms with E-state index in [1.165, 1.54) is 17.8 Å². The first-order chi connectivity index (χ1) is 11.6. The summed E-state index contributed by atoms with van der Waals surface area (Å²) in [5, 5.41) is 3.60. The molecule has 1 N–H and O–H groups in total. The summed E-state index contributed by atoms with van der Waals surface area (Å²) in [6, 6.07) is 9.09. The fourth-order valence-electron chi connectivity index (χ4n) is 2.99. The molecule has 2 heterocycles. The highest BCUT2D eigenvalue weighted by Gasteiger charge is 2.26. The number of amides is 2. The van der Waals surface area contributed by atoms with E-state index >= 15 is 0 Å². The van der Waals surface area contributed by atoms with Gasteiger partial charge in [0.15, 0.2) is 0 Å². The van der Waals surface area contributed by atoms with Crippen molar-refractivity contribution >= 4 is 28.2 Å². The highest BCUT2D eigenvalue weighted by molar-refractivity contribution is 7.16. The molecule has 4 nitrogen and oxygen atoms in total. The Morgan fingerprint density at radius 1 is 1.04 bits per heavy atom. The average Bonchev–Trinajstić information content (AvgIpc) is 2.89. The molecule has 0 aliphatic carbocycles. The average molecular weight is 342 g/mol. The largest absolute Gasteiger partial charge is 0.339 e. The first-order valence-electron chi connectivity index (χ1n) is 8.33. The van der Waals surface area contributed by atoms with Gasteiger partial charge in [0.1, 0.15) is 5.00 Å². The van der Waals surface area contributed by atoms with Crippen molar-refractivity contribution in [3.8, 4) is 0 Å². The van der Waals surface area contributed by atoms with Crippen molar-refractivity contribution in [1.82, 2.24) is 4.90 Å². The van der Waals surface area contributed by atoms with Gasteiger partial charge in [-0.1, -0.05) is 18.2 Å². The lowest BCUT2D eigenvalue weighted by Crippen LogP contribution is -2.36. The van der Waals surface area contributed by atoms with Crippen molar-refractivity contribution in [3.63, 3.8) is 0 Å². The zero-order valence-corrected chi connectivity index (χ0v) is 14.9. The SMILES string of the molecule is Cc1sc(NC(=O)c2ccccc2)c(C(=O)N2CCCCC2)c1C. The lowest BCUT2D eigenvalue weighted by molar-refractivity contribution is 0.0725. The van der Waals surface area contributed by atoms with Gasteiger partial charge in [0, 0.05) is 23.5 Å². The molecule has 5 heteroatoms. The number of anilines is 1. The standard InChI is InChI=1S/C19H22N2O2S/c1-13-14(2)24-18(20-17(22)15-9-5-3-6-10-15)16(13)19(23)21-11-7-4-8-12-21/h3,5-6,9-10H,4,7-8,11-12H2,1-2H3,(H,20,22). The summed E-state index contributed by atoms with van der Waals surface area (Å²) in [6.07, 6.45) is 3.29. The van der Waals surface area contributed by atoms with E-state index in [-0.39, 0.29) is 11.8 Å². The van der Waals surface area contributed by atoms with Gasteiger partial charge in [-0.05, 0) is 50.8 Å². The molecule has 2 amide bonds. The van der Waals surface area contributed by atoms with Gasteiger partial charge in [0.2, 0.25) is 0 Å². The molecule has 0 saturated carbocycles. The number of carbonyl (C=O) groups is 2. The zero-order chi connectivity index (χ0) is 17.1. The lowest BCUT2D eigenvalue weighted by atomic mass is 10.1. The van der Waals surface area contributed by atoms with Crippen LogP contribution in [0.4, 0.5) is 5.00 Å². The Bertz CT molecular complexity index is 746. The number of hydrogen-bond donors (Lipinski definition) is 1. The van der Waals surface area contributed by atoms with Gasteiger partial charge in [0.05, 0.1) is 5.56 Å². The Kier molecular flexibility index (Phi) is 5.00. The molecule has 1 aromatic heterocycles. The molecule has 3 rings (SSSR count). The summed E-state index contributed by atoms with van der Waals surface area (Å²) in [6.45, 7) is 5.56. The molecule has 1 saturated heterocycles. The Hall–Kier alpha value is -2.14. The Balaban J connectivity index is 1.87. The van der Waals surface area contributed by atoms with E-state index < -0.39 is 0 Å². The topological polar surface area (TPSA) is 49.4 Å². The summed E-state index contributed by atoms with van der Waals surface area (Å²) in [5.41, 5.74) is 2.22. The Labute approximate surface area is 146 Å². The minimum Gasteiger partial charge on any atom is -0.339 e. The van der Waals surface area contributed by atoms with Gasteiger partial charge < -0.3 is 10.2 Å². The molecule has 24 heavy (non-hydrogen) atoms. The maximum Gasteiger partial charge on any atom is 0.257 e. The number of aryl methyl sites for hydroxylation is 1. The van der Waals surface area contributed by atoms with Crippen molar-refractivity contribution in [2.24, 2.45) is 0 Å². The summed E-state index contributed by atoms with van der Waals surface area (Å²) in [7, 11) is 0. The van der Waals surface area contributed by atoms with E-state index in [1.54, 1.807) is 12.1 Å². The fourth-order valence-corrected chi connectivity index (χ4v) is 4.04. The third-order valence-electron chi connectivity index (χ3n) is 4.51. The Morgan fingerprint density at radius 2 is 1.71 bits per heavy atom. The third-order valence-corrected chi connectivity index (χ3v) is 5.63. The van der Waals surface area contributed by atoms with Crippen molar-refractivity contribution in [2.45, 2.75) is 33.1 Å². The summed E-state index contributed by atoms with van der Waals surface area (Å²) < 4.78 is 0. The Morgan fingerprint density at radius 3 is 2.38 bits per heavy atom. The molecule has 0 unspecified atom stereocenters. The van der Waals surface area contributed by atoms with Gasteiger partial charge in [-0.15, -0.1) is 11.3 Å². The maximum absolute atomic E-state index is 13.0. The van der Waals surface area contributed by atoms with Crippen LogP contribution in [0.1, 0.15) is 50.4 Å². The van der Waals surface area contributed by atoms with E-state index in [1.807, 2.05) is 36.9 Å². The van der Waals surface area contributed by atoms with Crippen LogP contribution < -0.4 is 5.32 Å². The number of thiophene rings is 1. The predicted octanol–water partition coefficient (Wildman–Crippen LogP) is 4.24. The van der Waals surface area contributed by atoms with Crippen LogP contribution in [0.5, 0.6) is 0 Å². The van der Waals surface area contributed by atoms with E-state index in [0.29, 0.717) is 16.1 Å². The molecular weight excluding hydrogens is 320 g/mol. The molecule has 0 bridgehead atoms. The molecule has 1 aliphatic rings. The first-order valence-corrected chi connectivity index (χ1v) is 9.15. The van der Waals surface area contributed by atoms with Crippen LogP contribution in [0.2, 0.25) is 0 Å². The van der Waals surface area contributed by atoms with Crippen LogP contribution in [-0.4, -0.2) is 29.8 Å². The van der Waals surface area contributed by atoms with Crippen LogP contribution in [0.3, 0.4) is 0 Å². The minimum atomic E-state index is -0.176. The molecule has 0 radical (unpaired) electrons. The number of likely N-dealkylation sites (tertiary alicyclic amines) is 1. The van der Waals surface area contributed by atoms with Crippen LogP contribution in [0.25, 0.3) is 0 Å². The second kappa shape index (κ2) is 7.18. The quantitative estimate of drug-likeness (QED) is 0.907. The van der Waals surface area contributed by atoms with Crippen LogP contribution in [-0.2, 0) is 0 Å². The molecule has 0 atom stereocenters. The van der Waals surface area contributed by atoms with Crippen LogP contribution >= 0.6 is 11.3 Å². The second-order valence-electron chi connectivity index (χ2n) is 6.16. The molecule has 1 aliphatic heterocycles. The number of rotatable bonds is 3. The molecule has 2 aromatic rings. The highest BCUT2D eigenvalue weighted by Crippen LogP contribution is 2.34. The fraction of sp³-hybridized carbons (Fsp3) is 0.368. The molecule has 126 valence electrons. The maximum atomic E-state index is 13.0. The highest BCUT2D eigenvalue weighted by atomic mass is 32.1. The van der Waals surface area contributed by atoms with Crippen LogP contribution in [0, 0.1) is 13.8 Å². The van der Waals surface area contributed by atoms with Crippen LogP contribution in [0.15, 0.2) is 30.3 Å². The van der Waals surface area contributed by atoms with Crippen molar-refractivity contribution in [3.05, 3.63) is 51.9 Å². The summed E-state index contributed by atoms with van der Waals surface area (Å²) in [5.74, 6) is -0.135. The first kappa shape index (κ1) is 16.7. The van der Waals surface area contributed by atoms with E-state index in [4.69, 9.17) is 0 Å². The number of hydrogen-bond acceptors (Lipinski definition) is 3. The summed E-state index contributed by atoms with van der Waals surface area (Å²) in [4.78, 5) is 28.4. The zero-order valence-electron chi connectivity index (χ0n) is 14.1.